The maximum absolute atomic E-state index is 13.5. The lowest BCUT2D eigenvalue weighted by Crippen LogP contribution is -2.54. The molecule has 0 unspecified atom stereocenters. The standard InChI is InChI=1S/C24H26N2O2S2/c1-16-21(19-10-6-14-29-19)26(22(17(2)23(16)27)20-11-7-15-30-20)24(28)25-13-12-18-8-4-3-5-9-18/h3-11,14-17,21-22H,12-13H2,1-2H3,(H,25,28)/t16-,17+,21+,22-. The number of urea groups is 1. The molecule has 4 rings (SSSR count). The number of carbonyl (C=O) groups excluding carboxylic acids is 2. The minimum absolute atomic E-state index is 0.103. The summed E-state index contributed by atoms with van der Waals surface area (Å²) in [5, 5.41) is 7.15. The molecule has 4 atom stereocenters. The van der Waals surface area contributed by atoms with Gasteiger partial charge in [-0.3, -0.25) is 4.79 Å². The van der Waals surface area contributed by atoms with E-state index in [4.69, 9.17) is 0 Å². The molecule has 1 N–H and O–H groups in total. The van der Waals surface area contributed by atoms with Gasteiger partial charge in [0.1, 0.15) is 5.78 Å². The normalized spacial score (nSPS) is 24.1. The molecule has 1 aromatic carbocycles. The van der Waals surface area contributed by atoms with Gasteiger partial charge >= 0.3 is 6.03 Å². The highest BCUT2D eigenvalue weighted by Crippen LogP contribution is 2.47. The van der Waals surface area contributed by atoms with Crippen molar-refractivity contribution in [2.24, 2.45) is 11.8 Å². The summed E-state index contributed by atoms with van der Waals surface area (Å²) in [5.41, 5.74) is 1.19. The zero-order chi connectivity index (χ0) is 21.1. The van der Waals surface area contributed by atoms with Crippen LogP contribution in [0.1, 0.15) is 41.2 Å². The summed E-state index contributed by atoms with van der Waals surface area (Å²) >= 11 is 3.21. The van der Waals surface area contributed by atoms with Crippen molar-refractivity contribution >= 4 is 34.5 Å². The molecule has 6 heteroatoms. The monoisotopic (exact) mass is 438 g/mol. The van der Waals surface area contributed by atoms with Crippen LogP contribution in [0.5, 0.6) is 0 Å². The van der Waals surface area contributed by atoms with Crippen molar-refractivity contribution in [3.05, 3.63) is 80.7 Å². The number of rotatable bonds is 5. The lowest BCUT2D eigenvalue weighted by atomic mass is 9.78. The van der Waals surface area contributed by atoms with E-state index >= 15 is 0 Å². The third kappa shape index (κ3) is 4.07. The minimum atomic E-state index is -0.252. The highest BCUT2D eigenvalue weighted by Gasteiger charge is 2.48. The van der Waals surface area contributed by atoms with Crippen LogP contribution in [0.4, 0.5) is 4.79 Å². The van der Waals surface area contributed by atoms with Crippen molar-refractivity contribution in [1.82, 2.24) is 10.2 Å². The lowest BCUT2D eigenvalue weighted by molar-refractivity contribution is -0.135. The number of Topliss-reactive ketones (excluding diaryl/α,β-unsaturated/α-hetero) is 1. The summed E-state index contributed by atoms with van der Waals surface area (Å²) in [6, 6.07) is 17.6. The number of ketones is 1. The van der Waals surface area contributed by atoms with Gasteiger partial charge in [-0.1, -0.05) is 56.3 Å². The molecule has 2 amide bonds. The molecule has 1 aliphatic rings. The van der Waals surface area contributed by atoms with Gasteiger partial charge in [0.15, 0.2) is 0 Å². The molecular formula is C24H26N2O2S2. The number of hydrogen-bond acceptors (Lipinski definition) is 4. The molecule has 0 radical (unpaired) electrons. The van der Waals surface area contributed by atoms with Crippen LogP contribution in [0.15, 0.2) is 65.4 Å². The third-order valence-corrected chi connectivity index (χ3v) is 7.77. The van der Waals surface area contributed by atoms with Gasteiger partial charge in [0.2, 0.25) is 0 Å². The zero-order valence-corrected chi connectivity index (χ0v) is 18.8. The maximum Gasteiger partial charge on any atom is 0.318 e. The van der Waals surface area contributed by atoms with Crippen LogP contribution in [0.3, 0.4) is 0 Å². The summed E-state index contributed by atoms with van der Waals surface area (Å²) in [6.45, 7) is 4.47. The van der Waals surface area contributed by atoms with E-state index in [1.807, 2.05) is 72.0 Å². The Bertz CT molecular complexity index is 920. The van der Waals surface area contributed by atoms with Crippen molar-refractivity contribution in [3.63, 3.8) is 0 Å². The fourth-order valence-corrected chi connectivity index (χ4v) is 6.23. The number of benzene rings is 1. The molecule has 2 aromatic heterocycles. The summed E-state index contributed by atoms with van der Waals surface area (Å²) in [7, 11) is 0. The van der Waals surface area contributed by atoms with Crippen LogP contribution < -0.4 is 5.32 Å². The Kier molecular flexibility index (Phi) is 6.35. The average molecular weight is 439 g/mol. The van der Waals surface area contributed by atoms with Crippen LogP contribution in [-0.4, -0.2) is 23.3 Å². The Hall–Kier alpha value is -2.44. The van der Waals surface area contributed by atoms with Crippen molar-refractivity contribution in [2.75, 3.05) is 6.54 Å². The van der Waals surface area contributed by atoms with E-state index in [0.29, 0.717) is 6.54 Å². The molecule has 156 valence electrons. The van der Waals surface area contributed by atoms with Crippen LogP contribution in [0, 0.1) is 11.8 Å². The minimum Gasteiger partial charge on any atom is -0.338 e. The van der Waals surface area contributed by atoms with E-state index in [0.717, 1.165) is 16.2 Å². The number of carbonyl (C=O) groups is 2. The number of amides is 2. The Balaban J connectivity index is 1.63. The topological polar surface area (TPSA) is 49.4 Å². The first-order valence-electron chi connectivity index (χ1n) is 10.3. The second-order valence-corrected chi connectivity index (χ2v) is 9.73. The lowest BCUT2D eigenvalue weighted by Gasteiger charge is -2.47. The van der Waals surface area contributed by atoms with Crippen molar-refractivity contribution in [3.8, 4) is 0 Å². The first-order chi connectivity index (χ1) is 14.6. The number of likely N-dealkylation sites (tertiary alicyclic amines) is 1. The predicted octanol–water partition coefficient (Wildman–Crippen LogP) is 5.70. The van der Waals surface area contributed by atoms with Gasteiger partial charge in [-0.25, -0.2) is 4.79 Å². The summed E-state index contributed by atoms with van der Waals surface area (Å²) < 4.78 is 0. The molecule has 0 saturated carbocycles. The number of hydrogen-bond donors (Lipinski definition) is 1. The summed E-state index contributed by atoms with van der Waals surface area (Å²) in [4.78, 5) is 30.7. The molecule has 1 saturated heterocycles. The second kappa shape index (κ2) is 9.14. The predicted molar refractivity (Wildman–Crippen MR) is 123 cm³/mol. The Morgan fingerprint density at radius 1 is 0.900 bits per heavy atom. The number of nitrogens with one attached hydrogen (secondary N) is 1. The van der Waals surface area contributed by atoms with Crippen molar-refractivity contribution in [1.29, 1.82) is 0 Å². The van der Waals surface area contributed by atoms with Gasteiger partial charge < -0.3 is 10.2 Å². The van der Waals surface area contributed by atoms with E-state index in [9.17, 15) is 9.59 Å². The quantitative estimate of drug-likeness (QED) is 0.555. The van der Waals surface area contributed by atoms with Crippen LogP contribution in [0.25, 0.3) is 0 Å². The molecule has 3 aromatic rings. The molecule has 1 fully saturated rings. The molecule has 3 heterocycles. The van der Waals surface area contributed by atoms with Gasteiger partial charge in [0.25, 0.3) is 0 Å². The molecule has 0 bridgehead atoms. The average Bonchev–Trinajstić information content (AvgIpc) is 3.47. The molecular weight excluding hydrogens is 412 g/mol. The molecule has 0 aliphatic carbocycles. The summed E-state index contributed by atoms with van der Waals surface area (Å²) in [6.07, 6.45) is 0.776. The fraction of sp³-hybridized carbons (Fsp3) is 0.333. The van der Waals surface area contributed by atoms with Crippen molar-refractivity contribution < 1.29 is 9.59 Å². The fourth-order valence-electron chi connectivity index (χ4n) is 4.37. The van der Waals surface area contributed by atoms with Gasteiger partial charge in [-0.15, -0.1) is 22.7 Å². The molecule has 0 spiro atoms. The summed E-state index contributed by atoms with van der Waals surface area (Å²) in [5.74, 6) is -0.260. The highest BCUT2D eigenvalue weighted by atomic mass is 32.1. The first-order valence-corrected chi connectivity index (χ1v) is 12.0. The van der Waals surface area contributed by atoms with E-state index in [2.05, 4.69) is 17.4 Å². The van der Waals surface area contributed by atoms with Crippen LogP contribution in [-0.2, 0) is 11.2 Å². The Morgan fingerprint density at radius 3 is 1.97 bits per heavy atom. The van der Waals surface area contributed by atoms with E-state index in [1.54, 1.807) is 22.7 Å². The van der Waals surface area contributed by atoms with Gasteiger partial charge in [0.05, 0.1) is 12.1 Å². The second-order valence-electron chi connectivity index (χ2n) is 7.78. The maximum atomic E-state index is 13.5. The van der Waals surface area contributed by atoms with Gasteiger partial charge in [-0.2, -0.15) is 0 Å². The van der Waals surface area contributed by atoms with Crippen molar-refractivity contribution in [2.45, 2.75) is 32.4 Å². The van der Waals surface area contributed by atoms with E-state index in [-0.39, 0.29) is 35.7 Å². The molecule has 1 aliphatic heterocycles. The zero-order valence-electron chi connectivity index (χ0n) is 17.2. The number of thiophene rings is 2. The van der Waals surface area contributed by atoms with E-state index in [1.165, 1.54) is 5.56 Å². The molecule has 4 nitrogen and oxygen atoms in total. The largest absolute Gasteiger partial charge is 0.338 e. The Morgan fingerprint density at radius 2 is 1.47 bits per heavy atom. The van der Waals surface area contributed by atoms with Crippen LogP contribution >= 0.6 is 22.7 Å². The molecule has 30 heavy (non-hydrogen) atoms. The number of nitrogens with zero attached hydrogens (tertiary/aromatic N) is 1. The third-order valence-electron chi connectivity index (χ3n) is 5.88. The van der Waals surface area contributed by atoms with E-state index < -0.39 is 0 Å². The van der Waals surface area contributed by atoms with Crippen LogP contribution in [0.2, 0.25) is 0 Å². The Labute approximate surface area is 185 Å². The smallest absolute Gasteiger partial charge is 0.318 e. The highest BCUT2D eigenvalue weighted by molar-refractivity contribution is 7.10. The number of piperidine rings is 1. The first kappa shape index (κ1) is 20.8. The van der Waals surface area contributed by atoms with Gasteiger partial charge in [0, 0.05) is 28.1 Å². The van der Waals surface area contributed by atoms with Gasteiger partial charge in [-0.05, 0) is 34.9 Å². The SMILES string of the molecule is C[C@@H]1C(=O)[C@H](C)[C@@H](c2cccs2)N(C(=O)NCCc2ccccc2)[C@H]1c1cccs1.